The van der Waals surface area contributed by atoms with Crippen LogP contribution in [0.2, 0.25) is 0 Å². The van der Waals surface area contributed by atoms with E-state index in [-0.39, 0.29) is 11.9 Å². The molecule has 1 heterocycles. The van der Waals surface area contributed by atoms with Crippen LogP contribution in [-0.2, 0) is 16.0 Å². The highest BCUT2D eigenvalue weighted by Gasteiger charge is 2.28. The number of amides is 2. The monoisotopic (exact) mass is 290 g/mol. The van der Waals surface area contributed by atoms with Gasteiger partial charge in [-0.1, -0.05) is 18.2 Å². The van der Waals surface area contributed by atoms with Crippen LogP contribution < -0.4 is 10.2 Å². The standard InChI is InChI=1S/C16H22N2O3/c1-11(19)18-10-13(17-15(20)21-16(2,3)4)9-12-7-5-6-8-14(12)18/h5-8,13H,9-10H2,1-4H3,(H,17,20). The van der Waals surface area contributed by atoms with E-state index in [1.807, 2.05) is 45.0 Å². The van der Waals surface area contributed by atoms with Gasteiger partial charge in [0.25, 0.3) is 0 Å². The van der Waals surface area contributed by atoms with Gasteiger partial charge in [0.1, 0.15) is 5.60 Å². The van der Waals surface area contributed by atoms with Crippen LogP contribution in [0.5, 0.6) is 0 Å². The summed E-state index contributed by atoms with van der Waals surface area (Å²) in [6.45, 7) is 7.47. The zero-order valence-electron chi connectivity index (χ0n) is 13.0. The second-order valence-corrected chi connectivity index (χ2v) is 6.31. The molecule has 5 nitrogen and oxygen atoms in total. The first-order valence-corrected chi connectivity index (χ1v) is 7.12. The van der Waals surface area contributed by atoms with E-state index in [2.05, 4.69) is 5.32 Å². The first-order chi connectivity index (χ1) is 9.76. The number of alkyl carbamates (subject to hydrolysis) is 1. The predicted molar refractivity (Wildman–Crippen MR) is 81.3 cm³/mol. The van der Waals surface area contributed by atoms with Crippen molar-refractivity contribution < 1.29 is 14.3 Å². The molecule has 2 amide bonds. The van der Waals surface area contributed by atoms with Gasteiger partial charge in [0.2, 0.25) is 5.91 Å². The first-order valence-electron chi connectivity index (χ1n) is 7.12. The minimum atomic E-state index is -0.531. The molecule has 1 aromatic carbocycles. The zero-order valence-corrected chi connectivity index (χ0v) is 13.0. The fourth-order valence-electron chi connectivity index (χ4n) is 2.46. The van der Waals surface area contributed by atoms with Crippen molar-refractivity contribution in [3.8, 4) is 0 Å². The number of hydrogen-bond acceptors (Lipinski definition) is 3. The van der Waals surface area contributed by atoms with Crippen molar-refractivity contribution in [2.24, 2.45) is 0 Å². The maximum atomic E-state index is 11.9. The third-order valence-electron chi connectivity index (χ3n) is 3.25. The number of ether oxygens (including phenoxy) is 1. The van der Waals surface area contributed by atoms with Crippen LogP contribution in [-0.4, -0.2) is 30.2 Å². The fraction of sp³-hybridized carbons (Fsp3) is 0.500. The van der Waals surface area contributed by atoms with Crippen LogP contribution in [0.1, 0.15) is 33.3 Å². The fourth-order valence-corrected chi connectivity index (χ4v) is 2.46. The molecule has 1 atom stereocenters. The molecule has 0 spiro atoms. The summed E-state index contributed by atoms with van der Waals surface area (Å²) < 4.78 is 5.27. The van der Waals surface area contributed by atoms with Crippen molar-refractivity contribution >= 4 is 17.7 Å². The average Bonchev–Trinajstić information content (AvgIpc) is 2.35. The molecular weight excluding hydrogens is 268 g/mol. The van der Waals surface area contributed by atoms with Crippen LogP contribution in [0, 0.1) is 0 Å². The van der Waals surface area contributed by atoms with Crippen molar-refractivity contribution in [2.75, 3.05) is 11.4 Å². The van der Waals surface area contributed by atoms with Gasteiger partial charge in [-0.05, 0) is 38.8 Å². The Balaban J connectivity index is 2.11. The Morgan fingerprint density at radius 2 is 1.95 bits per heavy atom. The molecule has 0 aliphatic carbocycles. The summed E-state index contributed by atoms with van der Waals surface area (Å²) in [6, 6.07) is 7.62. The smallest absolute Gasteiger partial charge is 0.407 e. The summed E-state index contributed by atoms with van der Waals surface area (Å²) in [5, 5.41) is 2.85. The Kier molecular flexibility index (Phi) is 4.21. The second-order valence-electron chi connectivity index (χ2n) is 6.31. The predicted octanol–water partition coefficient (Wildman–Crippen LogP) is 2.49. The second kappa shape index (κ2) is 5.76. The molecule has 0 bridgehead atoms. The number of carbonyl (C=O) groups is 2. The molecule has 0 fully saturated rings. The third-order valence-corrected chi connectivity index (χ3v) is 3.25. The van der Waals surface area contributed by atoms with E-state index in [1.165, 1.54) is 6.92 Å². The maximum absolute atomic E-state index is 11.9. The van der Waals surface area contributed by atoms with Gasteiger partial charge in [0.05, 0.1) is 6.04 Å². The highest BCUT2D eigenvalue weighted by atomic mass is 16.6. The Labute approximate surface area is 125 Å². The number of carbonyl (C=O) groups excluding carboxylic acids is 2. The van der Waals surface area contributed by atoms with Crippen molar-refractivity contribution in [3.05, 3.63) is 29.8 Å². The van der Waals surface area contributed by atoms with Crippen molar-refractivity contribution in [1.29, 1.82) is 0 Å². The van der Waals surface area contributed by atoms with E-state index in [9.17, 15) is 9.59 Å². The number of hydrogen-bond donors (Lipinski definition) is 1. The number of nitrogens with zero attached hydrogens (tertiary/aromatic N) is 1. The average molecular weight is 290 g/mol. The van der Waals surface area contributed by atoms with Crippen LogP contribution in [0.3, 0.4) is 0 Å². The summed E-state index contributed by atoms with van der Waals surface area (Å²) in [6.07, 6.45) is 0.245. The Bertz CT molecular complexity index is 549. The lowest BCUT2D eigenvalue weighted by Gasteiger charge is -2.34. The van der Waals surface area contributed by atoms with E-state index in [0.717, 1.165) is 11.3 Å². The van der Waals surface area contributed by atoms with Gasteiger partial charge in [0, 0.05) is 19.2 Å². The summed E-state index contributed by atoms with van der Waals surface area (Å²) >= 11 is 0. The van der Waals surface area contributed by atoms with Gasteiger partial charge < -0.3 is 15.0 Å². The highest BCUT2D eigenvalue weighted by Crippen LogP contribution is 2.27. The van der Waals surface area contributed by atoms with Gasteiger partial charge >= 0.3 is 6.09 Å². The minimum Gasteiger partial charge on any atom is -0.444 e. The molecule has 1 N–H and O–H groups in total. The summed E-state index contributed by atoms with van der Waals surface area (Å²) in [4.78, 5) is 25.4. The largest absolute Gasteiger partial charge is 0.444 e. The number of rotatable bonds is 1. The normalized spacial score (nSPS) is 17.9. The molecule has 0 saturated heterocycles. The highest BCUT2D eigenvalue weighted by molar-refractivity contribution is 5.93. The molecule has 1 aliphatic heterocycles. The van der Waals surface area contributed by atoms with Crippen LogP contribution >= 0.6 is 0 Å². The molecule has 1 aliphatic rings. The number of benzene rings is 1. The number of nitrogens with one attached hydrogen (secondary N) is 1. The molecule has 114 valence electrons. The van der Waals surface area contributed by atoms with Crippen molar-refractivity contribution in [2.45, 2.75) is 45.8 Å². The van der Waals surface area contributed by atoms with E-state index < -0.39 is 11.7 Å². The van der Waals surface area contributed by atoms with Crippen LogP contribution in [0.25, 0.3) is 0 Å². The summed E-state index contributed by atoms with van der Waals surface area (Å²) in [5.41, 5.74) is 1.45. The molecule has 21 heavy (non-hydrogen) atoms. The Morgan fingerprint density at radius 3 is 2.57 bits per heavy atom. The molecule has 1 unspecified atom stereocenters. The lowest BCUT2D eigenvalue weighted by atomic mass is 9.98. The Hall–Kier alpha value is -2.04. The van der Waals surface area contributed by atoms with Gasteiger partial charge in [-0.25, -0.2) is 4.79 Å². The van der Waals surface area contributed by atoms with Crippen molar-refractivity contribution in [1.82, 2.24) is 5.32 Å². The van der Waals surface area contributed by atoms with E-state index in [0.29, 0.717) is 13.0 Å². The quantitative estimate of drug-likeness (QED) is 0.864. The SMILES string of the molecule is CC(=O)N1CC(NC(=O)OC(C)(C)C)Cc2ccccc21. The van der Waals surface area contributed by atoms with E-state index >= 15 is 0 Å². The molecule has 2 rings (SSSR count). The van der Waals surface area contributed by atoms with E-state index in [4.69, 9.17) is 4.74 Å². The molecule has 0 saturated carbocycles. The number of para-hydroxylation sites is 1. The van der Waals surface area contributed by atoms with Crippen molar-refractivity contribution in [3.63, 3.8) is 0 Å². The van der Waals surface area contributed by atoms with Crippen LogP contribution in [0.4, 0.5) is 10.5 Å². The molecular formula is C16H22N2O3. The first kappa shape index (κ1) is 15.4. The lowest BCUT2D eigenvalue weighted by molar-refractivity contribution is -0.116. The maximum Gasteiger partial charge on any atom is 0.407 e. The third kappa shape index (κ3) is 3.97. The lowest BCUT2D eigenvalue weighted by Crippen LogP contribution is -2.50. The molecule has 0 radical (unpaired) electrons. The zero-order chi connectivity index (χ0) is 15.6. The summed E-state index contributed by atoms with van der Waals surface area (Å²) in [7, 11) is 0. The van der Waals surface area contributed by atoms with E-state index in [1.54, 1.807) is 4.90 Å². The molecule has 5 heteroatoms. The molecule has 1 aromatic rings. The van der Waals surface area contributed by atoms with Gasteiger partial charge in [0.15, 0.2) is 0 Å². The number of anilines is 1. The minimum absolute atomic E-state index is 0.0295. The van der Waals surface area contributed by atoms with Gasteiger partial charge in [-0.2, -0.15) is 0 Å². The summed E-state index contributed by atoms with van der Waals surface area (Å²) in [5.74, 6) is -0.0295. The van der Waals surface area contributed by atoms with Crippen LogP contribution in [0.15, 0.2) is 24.3 Å². The number of fused-ring (bicyclic) bond motifs is 1. The Morgan fingerprint density at radius 1 is 1.29 bits per heavy atom. The van der Waals surface area contributed by atoms with Gasteiger partial charge in [-0.3, -0.25) is 4.79 Å². The molecule has 0 aromatic heterocycles. The topological polar surface area (TPSA) is 58.6 Å². The van der Waals surface area contributed by atoms with Gasteiger partial charge in [-0.15, -0.1) is 0 Å².